The molecule has 14 heavy (non-hydrogen) atoms. The average Bonchev–Trinajstić information content (AvgIpc) is 2.16. The Morgan fingerprint density at radius 2 is 1.86 bits per heavy atom. The zero-order valence-electron chi connectivity index (χ0n) is 7.79. The van der Waals surface area contributed by atoms with E-state index in [0.717, 1.165) is 15.8 Å². The molecule has 0 aromatic heterocycles. The van der Waals surface area contributed by atoms with Crippen LogP contribution in [0.2, 0.25) is 0 Å². The number of hydrogen-bond donors (Lipinski definition) is 1. The van der Waals surface area contributed by atoms with E-state index in [2.05, 4.69) is 15.9 Å². The number of halogens is 1. The van der Waals surface area contributed by atoms with Gasteiger partial charge in [0.2, 0.25) is 0 Å². The number of ether oxygens (including phenoxy) is 2. The van der Waals surface area contributed by atoms with Crippen molar-refractivity contribution in [3.63, 3.8) is 0 Å². The molecule has 1 N–H and O–H groups in total. The van der Waals surface area contributed by atoms with Crippen molar-refractivity contribution in [2.45, 2.75) is 13.0 Å². The van der Waals surface area contributed by atoms with Gasteiger partial charge in [0.1, 0.15) is 13.2 Å². The standard InChI is InChI=1S/C10H11BrO3/c1-6(12)7-4-9-10(5-8(7)11)14-3-2-13-9/h4-6,12H,2-3H2,1H3. The van der Waals surface area contributed by atoms with Gasteiger partial charge in [0.15, 0.2) is 11.5 Å². The van der Waals surface area contributed by atoms with E-state index >= 15 is 0 Å². The highest BCUT2D eigenvalue weighted by Crippen LogP contribution is 2.37. The predicted octanol–water partition coefficient (Wildman–Crippen LogP) is 2.27. The van der Waals surface area contributed by atoms with Crippen molar-refractivity contribution in [2.24, 2.45) is 0 Å². The Hall–Kier alpha value is -0.740. The highest BCUT2D eigenvalue weighted by molar-refractivity contribution is 9.10. The molecular formula is C10H11BrO3. The van der Waals surface area contributed by atoms with Gasteiger partial charge in [-0.15, -0.1) is 0 Å². The fraction of sp³-hybridized carbons (Fsp3) is 0.400. The number of aliphatic hydroxyl groups excluding tert-OH is 1. The van der Waals surface area contributed by atoms with E-state index in [1.165, 1.54) is 0 Å². The summed E-state index contributed by atoms with van der Waals surface area (Å²) in [7, 11) is 0. The molecule has 1 atom stereocenters. The fourth-order valence-corrected chi connectivity index (χ4v) is 2.05. The summed E-state index contributed by atoms with van der Waals surface area (Å²) in [6, 6.07) is 3.64. The quantitative estimate of drug-likeness (QED) is 0.840. The zero-order valence-corrected chi connectivity index (χ0v) is 9.37. The smallest absolute Gasteiger partial charge is 0.162 e. The summed E-state index contributed by atoms with van der Waals surface area (Å²) in [6.07, 6.45) is -0.514. The molecule has 3 nitrogen and oxygen atoms in total. The third-order valence-corrected chi connectivity index (χ3v) is 2.80. The molecule has 1 aliphatic rings. The van der Waals surface area contributed by atoms with Gasteiger partial charge < -0.3 is 14.6 Å². The Bertz CT molecular complexity index is 349. The molecule has 1 aromatic rings. The molecule has 0 bridgehead atoms. The highest BCUT2D eigenvalue weighted by Gasteiger charge is 2.16. The lowest BCUT2D eigenvalue weighted by atomic mass is 10.1. The van der Waals surface area contributed by atoms with Crippen LogP contribution in [0.25, 0.3) is 0 Å². The molecule has 0 saturated heterocycles. The number of fused-ring (bicyclic) bond motifs is 1. The van der Waals surface area contributed by atoms with Crippen molar-refractivity contribution in [3.8, 4) is 11.5 Å². The van der Waals surface area contributed by atoms with Crippen LogP contribution in [0.1, 0.15) is 18.6 Å². The molecule has 0 aliphatic carbocycles. The Morgan fingerprint density at radius 1 is 1.29 bits per heavy atom. The van der Waals surface area contributed by atoms with Crippen LogP contribution in [0.15, 0.2) is 16.6 Å². The molecule has 0 amide bonds. The Morgan fingerprint density at radius 3 is 2.43 bits per heavy atom. The number of benzene rings is 1. The molecule has 0 saturated carbocycles. The largest absolute Gasteiger partial charge is 0.486 e. The van der Waals surface area contributed by atoms with E-state index in [-0.39, 0.29) is 0 Å². The van der Waals surface area contributed by atoms with Gasteiger partial charge in [0, 0.05) is 4.47 Å². The van der Waals surface area contributed by atoms with Gasteiger partial charge in [0.05, 0.1) is 6.10 Å². The van der Waals surface area contributed by atoms with Gasteiger partial charge in [-0.05, 0) is 24.6 Å². The number of aliphatic hydroxyl groups is 1. The van der Waals surface area contributed by atoms with Crippen molar-refractivity contribution < 1.29 is 14.6 Å². The van der Waals surface area contributed by atoms with Crippen LogP contribution in [0.4, 0.5) is 0 Å². The molecule has 2 rings (SSSR count). The van der Waals surface area contributed by atoms with E-state index in [1.54, 1.807) is 6.92 Å². The molecular weight excluding hydrogens is 248 g/mol. The van der Waals surface area contributed by atoms with Crippen LogP contribution in [0, 0.1) is 0 Å². The molecule has 1 aliphatic heterocycles. The first-order chi connectivity index (χ1) is 6.68. The fourth-order valence-electron chi connectivity index (χ4n) is 1.40. The second-order valence-corrected chi connectivity index (χ2v) is 4.05. The van der Waals surface area contributed by atoms with Gasteiger partial charge in [-0.3, -0.25) is 0 Å². The van der Waals surface area contributed by atoms with Crippen molar-refractivity contribution in [2.75, 3.05) is 13.2 Å². The Labute approximate surface area is 90.8 Å². The van der Waals surface area contributed by atoms with Crippen LogP contribution in [0.5, 0.6) is 11.5 Å². The third-order valence-electron chi connectivity index (χ3n) is 2.11. The Kier molecular flexibility index (Phi) is 2.65. The third kappa shape index (κ3) is 1.72. The van der Waals surface area contributed by atoms with Gasteiger partial charge in [-0.2, -0.15) is 0 Å². The molecule has 4 heteroatoms. The van der Waals surface area contributed by atoms with Gasteiger partial charge >= 0.3 is 0 Å². The first kappa shape index (κ1) is 9.80. The van der Waals surface area contributed by atoms with Crippen LogP contribution >= 0.6 is 15.9 Å². The molecule has 1 unspecified atom stereocenters. The number of rotatable bonds is 1. The summed E-state index contributed by atoms with van der Waals surface area (Å²) in [6.45, 7) is 2.86. The Balaban J connectivity index is 2.45. The minimum atomic E-state index is -0.514. The van der Waals surface area contributed by atoms with Crippen molar-refractivity contribution in [1.29, 1.82) is 0 Å². The summed E-state index contributed by atoms with van der Waals surface area (Å²) in [5.74, 6) is 1.43. The summed E-state index contributed by atoms with van der Waals surface area (Å²) < 4.78 is 11.7. The summed E-state index contributed by atoms with van der Waals surface area (Å²) in [5.41, 5.74) is 0.814. The van der Waals surface area contributed by atoms with E-state index < -0.39 is 6.10 Å². The van der Waals surface area contributed by atoms with Gasteiger partial charge in [-0.25, -0.2) is 0 Å². The van der Waals surface area contributed by atoms with E-state index in [1.807, 2.05) is 12.1 Å². The maximum absolute atomic E-state index is 9.48. The molecule has 0 fully saturated rings. The maximum Gasteiger partial charge on any atom is 0.162 e. The van der Waals surface area contributed by atoms with Gasteiger partial charge in [0.25, 0.3) is 0 Å². The second kappa shape index (κ2) is 3.79. The zero-order chi connectivity index (χ0) is 10.1. The van der Waals surface area contributed by atoms with E-state index in [0.29, 0.717) is 19.0 Å². The van der Waals surface area contributed by atoms with Crippen LogP contribution in [0.3, 0.4) is 0 Å². The first-order valence-electron chi connectivity index (χ1n) is 4.45. The van der Waals surface area contributed by atoms with Crippen molar-refractivity contribution >= 4 is 15.9 Å². The van der Waals surface area contributed by atoms with Crippen LogP contribution in [-0.4, -0.2) is 18.3 Å². The SMILES string of the molecule is CC(O)c1cc2c(cc1Br)OCCO2. The monoisotopic (exact) mass is 258 g/mol. The van der Waals surface area contributed by atoms with E-state index in [4.69, 9.17) is 9.47 Å². The molecule has 0 radical (unpaired) electrons. The minimum Gasteiger partial charge on any atom is -0.486 e. The summed E-state index contributed by atoms with van der Waals surface area (Å²) >= 11 is 3.38. The average molecular weight is 259 g/mol. The molecule has 1 heterocycles. The topological polar surface area (TPSA) is 38.7 Å². The lowest BCUT2D eigenvalue weighted by Gasteiger charge is -2.20. The van der Waals surface area contributed by atoms with Crippen LogP contribution < -0.4 is 9.47 Å². The number of hydrogen-bond acceptors (Lipinski definition) is 3. The van der Waals surface area contributed by atoms with Crippen molar-refractivity contribution in [1.82, 2.24) is 0 Å². The lowest BCUT2D eigenvalue weighted by Crippen LogP contribution is -2.15. The molecule has 0 spiro atoms. The highest BCUT2D eigenvalue weighted by atomic mass is 79.9. The molecule has 76 valence electrons. The van der Waals surface area contributed by atoms with Gasteiger partial charge in [-0.1, -0.05) is 15.9 Å². The van der Waals surface area contributed by atoms with E-state index in [9.17, 15) is 5.11 Å². The lowest BCUT2D eigenvalue weighted by molar-refractivity contribution is 0.168. The first-order valence-corrected chi connectivity index (χ1v) is 5.25. The maximum atomic E-state index is 9.48. The summed E-state index contributed by atoms with van der Waals surface area (Å²) in [4.78, 5) is 0. The second-order valence-electron chi connectivity index (χ2n) is 3.19. The van der Waals surface area contributed by atoms with Crippen molar-refractivity contribution in [3.05, 3.63) is 22.2 Å². The predicted molar refractivity (Wildman–Crippen MR) is 55.8 cm³/mol. The van der Waals surface area contributed by atoms with Crippen LogP contribution in [-0.2, 0) is 0 Å². The minimum absolute atomic E-state index is 0.514. The molecule has 1 aromatic carbocycles. The normalized spacial score (nSPS) is 16.5. The summed E-state index contributed by atoms with van der Waals surface area (Å²) in [5, 5.41) is 9.48.